The summed E-state index contributed by atoms with van der Waals surface area (Å²) in [5.41, 5.74) is 0.617. The fourth-order valence-electron chi connectivity index (χ4n) is 0.654. The Hall–Kier alpha value is -1.58. The molecule has 0 aromatic carbocycles. The summed E-state index contributed by atoms with van der Waals surface area (Å²) in [4.78, 5) is 14.8. The molecule has 0 aromatic heterocycles. The molecule has 0 bridgehead atoms. The highest BCUT2D eigenvalue weighted by molar-refractivity contribution is 5.86. The van der Waals surface area contributed by atoms with Crippen molar-refractivity contribution in [2.45, 2.75) is 6.42 Å². The van der Waals surface area contributed by atoms with E-state index in [2.05, 4.69) is 9.99 Å². The molecule has 58 valence electrons. The normalized spacial score (nSPS) is 15.1. The maximum Gasteiger partial charge on any atom is 0.307 e. The topological polar surface area (TPSA) is 58.9 Å². The molecule has 4 nitrogen and oxygen atoms in total. The van der Waals surface area contributed by atoms with Crippen LogP contribution in [0.3, 0.4) is 0 Å². The molecular weight excluding hydrogens is 146 g/mol. The van der Waals surface area contributed by atoms with E-state index in [4.69, 9.17) is 5.11 Å². The molecule has 0 unspecified atom stereocenters. The van der Waals surface area contributed by atoms with Gasteiger partial charge in [0.15, 0.2) is 0 Å². The van der Waals surface area contributed by atoms with E-state index < -0.39 is 5.97 Å². The Kier molecular flexibility index (Phi) is 2.43. The third-order valence-corrected chi connectivity index (χ3v) is 1.08. The van der Waals surface area contributed by atoms with Crippen molar-refractivity contribution in [2.24, 2.45) is 5.16 Å². The average molecular weight is 153 g/mol. The molecule has 4 heteroatoms. The second kappa shape index (κ2) is 3.55. The quantitative estimate of drug-likeness (QED) is 0.641. The maximum atomic E-state index is 10.2. The molecule has 0 atom stereocenters. The molecule has 0 aliphatic carbocycles. The maximum absolute atomic E-state index is 10.2. The molecule has 1 aliphatic heterocycles. The van der Waals surface area contributed by atoms with Gasteiger partial charge in [-0.05, 0) is 11.6 Å². The van der Waals surface area contributed by atoms with E-state index in [9.17, 15) is 4.79 Å². The van der Waals surface area contributed by atoms with Crippen LogP contribution in [0.2, 0.25) is 0 Å². The molecule has 0 fully saturated rings. The molecule has 0 aromatic rings. The van der Waals surface area contributed by atoms with Gasteiger partial charge in [0.05, 0.1) is 12.6 Å². The van der Waals surface area contributed by atoms with Crippen LogP contribution in [0.4, 0.5) is 0 Å². The van der Waals surface area contributed by atoms with Gasteiger partial charge in [-0.2, -0.15) is 0 Å². The monoisotopic (exact) mass is 153 g/mol. The minimum Gasteiger partial charge on any atom is -0.481 e. The first-order valence-corrected chi connectivity index (χ1v) is 3.06. The molecule has 0 amide bonds. The predicted octanol–water partition coefficient (Wildman–Crippen LogP) is 0.917. The van der Waals surface area contributed by atoms with E-state index in [0.29, 0.717) is 5.57 Å². The van der Waals surface area contributed by atoms with Crippen molar-refractivity contribution < 1.29 is 14.7 Å². The number of carbonyl (C=O) groups is 1. The van der Waals surface area contributed by atoms with Gasteiger partial charge in [-0.3, -0.25) is 4.79 Å². The highest BCUT2D eigenvalue weighted by atomic mass is 16.6. The number of rotatable bonds is 2. The second-order valence-corrected chi connectivity index (χ2v) is 1.98. The highest BCUT2D eigenvalue weighted by Gasteiger charge is 2.01. The fourth-order valence-corrected chi connectivity index (χ4v) is 0.654. The van der Waals surface area contributed by atoms with Crippen LogP contribution in [-0.2, 0) is 9.63 Å². The van der Waals surface area contributed by atoms with E-state index >= 15 is 0 Å². The van der Waals surface area contributed by atoms with Crippen molar-refractivity contribution in [1.82, 2.24) is 0 Å². The van der Waals surface area contributed by atoms with E-state index in [1.807, 2.05) is 0 Å². The molecule has 0 saturated carbocycles. The number of hydrogen-bond acceptors (Lipinski definition) is 3. The van der Waals surface area contributed by atoms with Gasteiger partial charge in [-0.15, -0.1) is 0 Å². The SMILES string of the molecule is O=C(O)CC1=CC=CON=C1. The van der Waals surface area contributed by atoms with Crippen molar-refractivity contribution in [3.63, 3.8) is 0 Å². The van der Waals surface area contributed by atoms with Crippen molar-refractivity contribution in [1.29, 1.82) is 0 Å². The zero-order chi connectivity index (χ0) is 8.10. The third-order valence-electron chi connectivity index (χ3n) is 1.08. The zero-order valence-electron chi connectivity index (χ0n) is 5.73. The molecule has 0 saturated heterocycles. The summed E-state index contributed by atoms with van der Waals surface area (Å²) in [5, 5.41) is 11.9. The molecule has 1 N–H and O–H groups in total. The van der Waals surface area contributed by atoms with Crippen LogP contribution in [0.5, 0.6) is 0 Å². The Bertz CT molecular complexity index is 240. The molecule has 1 aliphatic rings. The Balaban J connectivity index is 2.62. The number of oxime groups is 1. The first-order chi connectivity index (χ1) is 5.29. The summed E-state index contributed by atoms with van der Waals surface area (Å²) in [6, 6.07) is 0. The van der Waals surface area contributed by atoms with Crippen LogP contribution in [0.1, 0.15) is 6.42 Å². The van der Waals surface area contributed by atoms with Gasteiger partial charge >= 0.3 is 5.97 Å². The highest BCUT2D eigenvalue weighted by Crippen LogP contribution is 2.01. The van der Waals surface area contributed by atoms with Crippen molar-refractivity contribution in [3.8, 4) is 0 Å². The van der Waals surface area contributed by atoms with Crippen LogP contribution in [0.25, 0.3) is 0 Å². The standard InChI is InChI=1S/C7H7NO3/c9-7(10)4-6-2-1-3-11-8-5-6/h1-3,5H,4H2,(H,9,10). The van der Waals surface area contributed by atoms with Gasteiger partial charge in [-0.1, -0.05) is 11.2 Å². The zero-order valence-corrected chi connectivity index (χ0v) is 5.73. The second-order valence-electron chi connectivity index (χ2n) is 1.98. The van der Waals surface area contributed by atoms with E-state index in [1.54, 1.807) is 12.2 Å². The Morgan fingerprint density at radius 2 is 2.55 bits per heavy atom. The first kappa shape index (κ1) is 7.53. The minimum absolute atomic E-state index is 0.0306. The minimum atomic E-state index is -0.877. The molecule has 11 heavy (non-hydrogen) atoms. The van der Waals surface area contributed by atoms with Crippen LogP contribution < -0.4 is 0 Å². The van der Waals surface area contributed by atoms with Gasteiger partial charge in [0.2, 0.25) is 0 Å². The van der Waals surface area contributed by atoms with E-state index in [-0.39, 0.29) is 6.42 Å². The summed E-state index contributed by atoms with van der Waals surface area (Å²) >= 11 is 0. The Morgan fingerprint density at radius 3 is 3.27 bits per heavy atom. The Morgan fingerprint density at radius 1 is 1.73 bits per heavy atom. The Labute approximate surface area is 63.5 Å². The molecule has 1 heterocycles. The third kappa shape index (κ3) is 2.66. The fraction of sp³-hybridized carbons (Fsp3) is 0.143. The smallest absolute Gasteiger partial charge is 0.307 e. The molecule has 0 spiro atoms. The lowest BCUT2D eigenvalue weighted by atomic mass is 10.2. The molecule has 1 rings (SSSR count). The van der Waals surface area contributed by atoms with Crippen molar-refractivity contribution in [3.05, 3.63) is 24.0 Å². The van der Waals surface area contributed by atoms with Gasteiger partial charge in [-0.25, -0.2) is 0 Å². The van der Waals surface area contributed by atoms with Gasteiger partial charge < -0.3 is 9.94 Å². The van der Waals surface area contributed by atoms with Crippen LogP contribution >= 0.6 is 0 Å². The van der Waals surface area contributed by atoms with E-state index in [1.165, 1.54) is 12.5 Å². The van der Waals surface area contributed by atoms with Gasteiger partial charge in [0.1, 0.15) is 6.26 Å². The number of carboxylic acid groups (broad SMARTS) is 1. The first-order valence-electron chi connectivity index (χ1n) is 3.06. The summed E-state index contributed by atoms with van der Waals surface area (Å²) < 4.78 is 0. The van der Waals surface area contributed by atoms with Gasteiger partial charge in [0.25, 0.3) is 0 Å². The lowest BCUT2D eigenvalue weighted by Gasteiger charge is -1.91. The molecule has 0 radical (unpaired) electrons. The lowest BCUT2D eigenvalue weighted by Crippen LogP contribution is -1.97. The number of aliphatic carboxylic acids is 1. The van der Waals surface area contributed by atoms with Crippen LogP contribution in [-0.4, -0.2) is 17.3 Å². The number of hydrogen-bond donors (Lipinski definition) is 1. The van der Waals surface area contributed by atoms with Crippen molar-refractivity contribution >= 4 is 12.2 Å². The largest absolute Gasteiger partial charge is 0.481 e. The summed E-state index contributed by atoms with van der Waals surface area (Å²) in [5.74, 6) is -0.877. The number of nitrogens with zero attached hydrogens (tertiary/aromatic N) is 1. The van der Waals surface area contributed by atoms with Crippen LogP contribution in [0.15, 0.2) is 29.1 Å². The number of allylic oxidation sites excluding steroid dienone is 2. The summed E-state index contributed by atoms with van der Waals surface area (Å²) in [6.07, 6.45) is 5.98. The van der Waals surface area contributed by atoms with Crippen LogP contribution in [0, 0.1) is 0 Å². The van der Waals surface area contributed by atoms with E-state index in [0.717, 1.165) is 0 Å². The average Bonchev–Trinajstić information content (AvgIpc) is 2.14. The lowest BCUT2D eigenvalue weighted by molar-refractivity contribution is -0.136. The number of carboxylic acids is 1. The van der Waals surface area contributed by atoms with Crippen molar-refractivity contribution in [2.75, 3.05) is 0 Å². The van der Waals surface area contributed by atoms with Gasteiger partial charge in [0, 0.05) is 0 Å². The predicted molar refractivity (Wildman–Crippen MR) is 39.1 cm³/mol. The summed E-state index contributed by atoms with van der Waals surface area (Å²) in [6.45, 7) is 0. The summed E-state index contributed by atoms with van der Waals surface area (Å²) in [7, 11) is 0. The molecular formula is C7H7NO3.